The summed E-state index contributed by atoms with van der Waals surface area (Å²) < 4.78 is 26.1. The van der Waals surface area contributed by atoms with Crippen LogP contribution in [0.4, 0.5) is 0 Å². The summed E-state index contributed by atoms with van der Waals surface area (Å²) in [5, 5.41) is 9.26. The van der Waals surface area contributed by atoms with Gasteiger partial charge in [0.25, 0.3) is 0 Å². The van der Waals surface area contributed by atoms with Crippen LogP contribution >= 0.6 is 0 Å². The Labute approximate surface area is 105 Å². The van der Waals surface area contributed by atoms with Gasteiger partial charge in [-0.25, -0.2) is 13.1 Å². The normalized spacial score (nSPS) is 26.4. The third-order valence-corrected chi connectivity index (χ3v) is 5.13. The molecule has 0 heterocycles. The van der Waals surface area contributed by atoms with Crippen LogP contribution in [0.3, 0.4) is 0 Å². The molecule has 2 N–H and O–H groups in total. The molecule has 0 amide bonds. The number of hydrogen-bond donors (Lipinski definition) is 2. The zero-order valence-corrected chi connectivity index (χ0v) is 11.7. The van der Waals surface area contributed by atoms with Gasteiger partial charge >= 0.3 is 0 Å². The van der Waals surface area contributed by atoms with Crippen LogP contribution in [0, 0.1) is 17.8 Å². The minimum Gasteiger partial charge on any atom is -0.396 e. The number of hydrogen-bond acceptors (Lipinski definition) is 3. The molecule has 1 fully saturated rings. The number of sulfonamides is 1. The van der Waals surface area contributed by atoms with Gasteiger partial charge in [0.1, 0.15) is 0 Å². The van der Waals surface area contributed by atoms with Crippen molar-refractivity contribution >= 4 is 10.0 Å². The number of rotatable bonds is 6. The minimum atomic E-state index is -3.14. The lowest BCUT2D eigenvalue weighted by Crippen LogP contribution is -2.37. The molecule has 0 bridgehead atoms. The molecule has 17 heavy (non-hydrogen) atoms. The summed E-state index contributed by atoms with van der Waals surface area (Å²) in [6.07, 6.45) is 4.34. The fourth-order valence-electron chi connectivity index (χ4n) is 2.53. The molecule has 0 aromatic carbocycles. The highest BCUT2D eigenvalue weighted by Gasteiger charge is 2.25. The Kier molecular flexibility index (Phi) is 5.89. The summed E-state index contributed by atoms with van der Waals surface area (Å²) in [7, 11) is -3.14. The first-order chi connectivity index (χ1) is 7.94. The molecule has 0 radical (unpaired) electrons. The van der Waals surface area contributed by atoms with Crippen molar-refractivity contribution in [1.29, 1.82) is 0 Å². The van der Waals surface area contributed by atoms with Gasteiger partial charge < -0.3 is 5.11 Å². The van der Waals surface area contributed by atoms with E-state index in [0.29, 0.717) is 12.5 Å². The van der Waals surface area contributed by atoms with E-state index < -0.39 is 10.0 Å². The van der Waals surface area contributed by atoms with Crippen molar-refractivity contribution in [3.8, 4) is 0 Å². The molecule has 1 saturated carbocycles. The number of aliphatic hydroxyl groups excluding tert-OH is 1. The van der Waals surface area contributed by atoms with Crippen molar-refractivity contribution in [1.82, 2.24) is 4.72 Å². The molecular formula is C12H25NO3S. The Bertz CT molecular complexity index is 314. The van der Waals surface area contributed by atoms with Crippen LogP contribution in [0.15, 0.2) is 0 Å². The van der Waals surface area contributed by atoms with Gasteiger partial charge in [-0.05, 0) is 30.6 Å². The first-order valence-electron chi connectivity index (χ1n) is 6.53. The fourth-order valence-corrected chi connectivity index (χ4v) is 3.99. The molecule has 1 rings (SSSR count). The lowest BCUT2D eigenvalue weighted by atomic mass is 9.80. The SMILES string of the molecule is CC(C)CS(=O)(=O)NCC1CCCCC1CO. The maximum absolute atomic E-state index is 11.7. The Balaban J connectivity index is 2.43. The van der Waals surface area contributed by atoms with Crippen LogP contribution in [0.25, 0.3) is 0 Å². The predicted molar refractivity (Wildman–Crippen MR) is 69.2 cm³/mol. The fraction of sp³-hybridized carbons (Fsp3) is 1.00. The topological polar surface area (TPSA) is 66.4 Å². The monoisotopic (exact) mass is 263 g/mol. The number of aliphatic hydroxyl groups is 1. The highest BCUT2D eigenvalue weighted by molar-refractivity contribution is 7.89. The quantitative estimate of drug-likeness (QED) is 0.760. The summed E-state index contributed by atoms with van der Waals surface area (Å²) in [5.41, 5.74) is 0. The van der Waals surface area contributed by atoms with Crippen LogP contribution in [-0.4, -0.2) is 32.4 Å². The molecule has 0 aromatic rings. The van der Waals surface area contributed by atoms with E-state index in [4.69, 9.17) is 0 Å². The molecule has 102 valence electrons. The standard InChI is InChI=1S/C12H25NO3S/c1-10(2)9-17(15,16)13-7-11-5-3-4-6-12(11)8-14/h10-14H,3-9H2,1-2H3. The summed E-state index contributed by atoms with van der Waals surface area (Å²) in [6, 6.07) is 0. The van der Waals surface area contributed by atoms with E-state index in [1.807, 2.05) is 13.8 Å². The third-order valence-electron chi connectivity index (χ3n) is 3.42. The number of nitrogens with one attached hydrogen (secondary N) is 1. The largest absolute Gasteiger partial charge is 0.396 e. The maximum atomic E-state index is 11.7. The van der Waals surface area contributed by atoms with Crippen molar-refractivity contribution in [2.75, 3.05) is 18.9 Å². The average molecular weight is 263 g/mol. The highest BCUT2D eigenvalue weighted by Crippen LogP contribution is 2.29. The molecule has 4 nitrogen and oxygen atoms in total. The van der Waals surface area contributed by atoms with Crippen LogP contribution in [-0.2, 0) is 10.0 Å². The third kappa shape index (κ3) is 5.36. The summed E-state index contributed by atoms with van der Waals surface area (Å²) in [6.45, 7) is 4.46. The van der Waals surface area contributed by atoms with Crippen molar-refractivity contribution < 1.29 is 13.5 Å². The molecule has 1 aliphatic carbocycles. The Hall–Kier alpha value is -0.130. The van der Waals surface area contributed by atoms with Crippen molar-refractivity contribution in [2.24, 2.45) is 17.8 Å². The van der Waals surface area contributed by atoms with E-state index >= 15 is 0 Å². The molecule has 0 aromatic heterocycles. The van der Waals surface area contributed by atoms with Gasteiger partial charge in [-0.15, -0.1) is 0 Å². The van der Waals surface area contributed by atoms with Gasteiger partial charge in [0.05, 0.1) is 5.75 Å². The van der Waals surface area contributed by atoms with E-state index in [-0.39, 0.29) is 24.2 Å². The molecule has 1 aliphatic rings. The van der Waals surface area contributed by atoms with Gasteiger partial charge in [-0.3, -0.25) is 0 Å². The average Bonchev–Trinajstić information content (AvgIpc) is 2.25. The van der Waals surface area contributed by atoms with Crippen LogP contribution < -0.4 is 4.72 Å². The van der Waals surface area contributed by atoms with Gasteiger partial charge in [0.15, 0.2) is 0 Å². The van der Waals surface area contributed by atoms with Crippen LogP contribution in [0.5, 0.6) is 0 Å². The first kappa shape index (κ1) is 14.9. The van der Waals surface area contributed by atoms with Crippen LogP contribution in [0.2, 0.25) is 0 Å². The highest BCUT2D eigenvalue weighted by atomic mass is 32.2. The Morgan fingerprint density at radius 3 is 2.35 bits per heavy atom. The summed E-state index contributed by atoms with van der Waals surface area (Å²) in [4.78, 5) is 0. The molecule has 0 spiro atoms. The van der Waals surface area contributed by atoms with Crippen molar-refractivity contribution in [2.45, 2.75) is 39.5 Å². The zero-order chi connectivity index (χ0) is 12.9. The van der Waals surface area contributed by atoms with E-state index in [1.54, 1.807) is 0 Å². The molecule has 5 heteroatoms. The van der Waals surface area contributed by atoms with E-state index in [2.05, 4.69) is 4.72 Å². The van der Waals surface area contributed by atoms with E-state index in [0.717, 1.165) is 25.7 Å². The van der Waals surface area contributed by atoms with Gasteiger partial charge in [-0.2, -0.15) is 0 Å². The Morgan fingerprint density at radius 2 is 1.82 bits per heavy atom. The molecule has 2 atom stereocenters. The second-order valence-electron chi connectivity index (χ2n) is 5.51. The summed E-state index contributed by atoms with van der Waals surface area (Å²) in [5.74, 6) is 0.900. The van der Waals surface area contributed by atoms with Crippen LogP contribution in [0.1, 0.15) is 39.5 Å². The second kappa shape index (κ2) is 6.71. The molecule has 2 unspecified atom stereocenters. The minimum absolute atomic E-state index is 0.146. The molecular weight excluding hydrogens is 238 g/mol. The predicted octanol–water partition coefficient (Wildman–Crippen LogP) is 1.36. The zero-order valence-electron chi connectivity index (χ0n) is 10.9. The lowest BCUT2D eigenvalue weighted by molar-refractivity contribution is 0.136. The van der Waals surface area contributed by atoms with E-state index in [1.165, 1.54) is 0 Å². The molecule has 0 aliphatic heterocycles. The van der Waals surface area contributed by atoms with Gasteiger partial charge in [0, 0.05) is 13.2 Å². The smallest absolute Gasteiger partial charge is 0.211 e. The summed E-state index contributed by atoms with van der Waals surface area (Å²) >= 11 is 0. The van der Waals surface area contributed by atoms with Crippen molar-refractivity contribution in [3.05, 3.63) is 0 Å². The van der Waals surface area contributed by atoms with Gasteiger partial charge in [0.2, 0.25) is 10.0 Å². The van der Waals surface area contributed by atoms with Gasteiger partial charge in [-0.1, -0.05) is 26.7 Å². The lowest BCUT2D eigenvalue weighted by Gasteiger charge is -2.30. The van der Waals surface area contributed by atoms with E-state index in [9.17, 15) is 13.5 Å². The second-order valence-corrected chi connectivity index (χ2v) is 7.36. The van der Waals surface area contributed by atoms with Crippen molar-refractivity contribution in [3.63, 3.8) is 0 Å². The first-order valence-corrected chi connectivity index (χ1v) is 8.18. The maximum Gasteiger partial charge on any atom is 0.211 e. The Morgan fingerprint density at radius 1 is 1.24 bits per heavy atom. The molecule has 0 saturated heterocycles.